The molecule has 2 aliphatic heterocycles. The van der Waals surface area contributed by atoms with Gasteiger partial charge in [-0.05, 0) is 12.1 Å². The van der Waals surface area contributed by atoms with E-state index in [4.69, 9.17) is 0 Å². The fourth-order valence-corrected chi connectivity index (χ4v) is 3.72. The molecule has 1 amide bonds. The van der Waals surface area contributed by atoms with Crippen LogP contribution in [0.2, 0.25) is 0 Å². The monoisotopic (exact) mass is 329 g/mol. The zero-order valence-electron chi connectivity index (χ0n) is 12.8. The van der Waals surface area contributed by atoms with E-state index in [2.05, 4.69) is 25.8 Å². The molecule has 2 aromatic heterocycles. The van der Waals surface area contributed by atoms with E-state index in [1.54, 1.807) is 5.51 Å². The number of anilines is 1. The van der Waals surface area contributed by atoms with Gasteiger partial charge in [0, 0.05) is 56.9 Å². The lowest BCUT2D eigenvalue weighted by atomic mass is 10.1. The van der Waals surface area contributed by atoms with Gasteiger partial charge in [0.05, 0.1) is 5.51 Å². The van der Waals surface area contributed by atoms with E-state index in [1.165, 1.54) is 11.3 Å². The van der Waals surface area contributed by atoms with Crippen molar-refractivity contribution < 1.29 is 4.79 Å². The molecule has 0 spiro atoms. The summed E-state index contributed by atoms with van der Waals surface area (Å²) in [6.45, 7) is 5.68. The number of nitrogens with zero attached hydrogens (tertiary/aromatic N) is 5. The van der Waals surface area contributed by atoms with Gasteiger partial charge in [-0.15, -0.1) is 11.3 Å². The lowest BCUT2D eigenvalue weighted by molar-refractivity contribution is 0.0242. The number of carbonyl (C=O) groups is 1. The molecule has 0 bridgehead atoms. The molecule has 0 unspecified atom stereocenters. The highest BCUT2D eigenvalue weighted by Crippen LogP contribution is 2.21. The molecule has 2 aromatic rings. The van der Waals surface area contributed by atoms with Crippen molar-refractivity contribution in [1.82, 2.24) is 19.8 Å². The van der Waals surface area contributed by atoms with Gasteiger partial charge in [0.1, 0.15) is 11.5 Å². The third kappa shape index (κ3) is 2.94. The molecule has 120 valence electrons. The molecular weight excluding hydrogens is 310 g/mol. The fourth-order valence-electron chi connectivity index (χ4n) is 3.19. The number of likely N-dealkylation sites (tertiary alicyclic amines) is 1. The van der Waals surface area contributed by atoms with E-state index in [-0.39, 0.29) is 5.91 Å². The molecule has 0 aromatic carbocycles. The predicted molar refractivity (Wildman–Crippen MR) is 89.8 cm³/mol. The van der Waals surface area contributed by atoms with E-state index in [0.717, 1.165) is 45.1 Å². The van der Waals surface area contributed by atoms with Crippen LogP contribution in [0.5, 0.6) is 0 Å². The Morgan fingerprint density at radius 2 is 1.96 bits per heavy atom. The van der Waals surface area contributed by atoms with Crippen LogP contribution in [0, 0.1) is 0 Å². The molecule has 0 N–H and O–H groups in total. The van der Waals surface area contributed by atoms with E-state index < -0.39 is 0 Å². The Kier molecular flexibility index (Phi) is 3.97. The first kappa shape index (κ1) is 14.6. The summed E-state index contributed by atoms with van der Waals surface area (Å²) in [6, 6.07) is 6.53. The van der Waals surface area contributed by atoms with Gasteiger partial charge in [-0.1, -0.05) is 6.07 Å². The molecular formula is C16H19N5OS. The highest BCUT2D eigenvalue weighted by molar-refractivity contribution is 7.07. The molecule has 4 heterocycles. The summed E-state index contributed by atoms with van der Waals surface area (Å²) in [5.41, 5.74) is 2.29. The maximum atomic E-state index is 12.2. The Labute approximate surface area is 139 Å². The average molecular weight is 329 g/mol. The Bertz CT molecular complexity index is 648. The minimum Gasteiger partial charge on any atom is -0.354 e. The van der Waals surface area contributed by atoms with Gasteiger partial charge >= 0.3 is 0 Å². The van der Waals surface area contributed by atoms with Crippen molar-refractivity contribution in [1.29, 1.82) is 0 Å². The number of amides is 1. The Morgan fingerprint density at radius 1 is 1.13 bits per heavy atom. The summed E-state index contributed by atoms with van der Waals surface area (Å²) in [5.74, 6) is 1.12. The molecule has 7 heteroatoms. The second kappa shape index (κ2) is 6.25. The topological polar surface area (TPSA) is 52.6 Å². The number of hydrogen-bond acceptors (Lipinski definition) is 6. The summed E-state index contributed by atoms with van der Waals surface area (Å²) in [5, 5.41) is 1.82. The van der Waals surface area contributed by atoms with Gasteiger partial charge in [0.2, 0.25) is 0 Å². The molecule has 23 heavy (non-hydrogen) atoms. The standard InChI is InChI=1S/C16H19N5OS/c22-16(14-11-23-12-18-14)21-9-13(10-21)19-5-7-20(8-6-19)15-3-1-2-4-17-15/h1-4,11-13H,5-10H2. The number of hydrogen-bond donors (Lipinski definition) is 0. The first-order valence-electron chi connectivity index (χ1n) is 7.89. The molecule has 0 atom stereocenters. The number of thiazole rings is 1. The maximum Gasteiger partial charge on any atom is 0.273 e. The second-order valence-electron chi connectivity index (χ2n) is 5.95. The zero-order chi connectivity index (χ0) is 15.6. The van der Waals surface area contributed by atoms with Gasteiger partial charge in [0.15, 0.2) is 0 Å². The molecule has 2 fully saturated rings. The number of carbonyl (C=O) groups excluding carboxylic acids is 1. The summed E-state index contributed by atoms with van der Waals surface area (Å²) >= 11 is 1.47. The second-order valence-corrected chi connectivity index (χ2v) is 6.67. The summed E-state index contributed by atoms with van der Waals surface area (Å²) in [7, 11) is 0. The van der Waals surface area contributed by atoms with Crippen LogP contribution >= 0.6 is 11.3 Å². The van der Waals surface area contributed by atoms with E-state index in [1.807, 2.05) is 28.6 Å². The first-order chi connectivity index (χ1) is 11.3. The molecule has 2 aliphatic rings. The molecule has 0 aliphatic carbocycles. The van der Waals surface area contributed by atoms with Crippen LogP contribution in [0.15, 0.2) is 35.3 Å². The van der Waals surface area contributed by atoms with Crippen molar-refractivity contribution >= 4 is 23.1 Å². The third-order valence-corrected chi connectivity index (χ3v) is 5.19. The Hall–Kier alpha value is -1.99. The van der Waals surface area contributed by atoms with Gasteiger partial charge in [0.25, 0.3) is 5.91 Å². The summed E-state index contributed by atoms with van der Waals surface area (Å²) in [6.07, 6.45) is 1.84. The molecule has 2 saturated heterocycles. The van der Waals surface area contributed by atoms with Crippen molar-refractivity contribution in [2.24, 2.45) is 0 Å². The molecule has 0 radical (unpaired) electrons. The summed E-state index contributed by atoms with van der Waals surface area (Å²) in [4.78, 5) is 27.4. The Balaban J connectivity index is 1.27. The molecule has 0 saturated carbocycles. The van der Waals surface area contributed by atoms with Crippen LogP contribution in [-0.2, 0) is 0 Å². The van der Waals surface area contributed by atoms with Crippen molar-refractivity contribution in [2.75, 3.05) is 44.2 Å². The highest BCUT2D eigenvalue weighted by atomic mass is 32.1. The summed E-state index contributed by atoms with van der Waals surface area (Å²) < 4.78 is 0. The minimum absolute atomic E-state index is 0.0645. The van der Waals surface area contributed by atoms with Gasteiger partial charge in [-0.3, -0.25) is 9.69 Å². The lowest BCUT2D eigenvalue weighted by Crippen LogP contribution is -2.64. The van der Waals surface area contributed by atoms with Crippen molar-refractivity contribution in [3.63, 3.8) is 0 Å². The number of rotatable bonds is 3. The van der Waals surface area contributed by atoms with Gasteiger partial charge in [-0.25, -0.2) is 9.97 Å². The van der Waals surface area contributed by atoms with Crippen LogP contribution in [0.4, 0.5) is 5.82 Å². The number of pyridine rings is 1. The van der Waals surface area contributed by atoms with Crippen LogP contribution in [0.1, 0.15) is 10.5 Å². The minimum atomic E-state index is 0.0645. The largest absolute Gasteiger partial charge is 0.354 e. The normalized spacial score (nSPS) is 19.7. The highest BCUT2D eigenvalue weighted by Gasteiger charge is 2.36. The van der Waals surface area contributed by atoms with Crippen molar-refractivity contribution in [3.05, 3.63) is 41.0 Å². The van der Waals surface area contributed by atoms with Gasteiger partial charge < -0.3 is 9.80 Å². The lowest BCUT2D eigenvalue weighted by Gasteiger charge is -2.48. The third-order valence-electron chi connectivity index (χ3n) is 4.60. The van der Waals surface area contributed by atoms with E-state index in [0.29, 0.717) is 11.7 Å². The van der Waals surface area contributed by atoms with E-state index >= 15 is 0 Å². The molecule has 6 nitrogen and oxygen atoms in total. The van der Waals surface area contributed by atoms with E-state index in [9.17, 15) is 4.79 Å². The number of piperazine rings is 1. The van der Waals surface area contributed by atoms with Crippen LogP contribution in [0.25, 0.3) is 0 Å². The zero-order valence-corrected chi connectivity index (χ0v) is 13.7. The van der Waals surface area contributed by atoms with Crippen molar-refractivity contribution in [2.45, 2.75) is 6.04 Å². The molecule has 4 rings (SSSR count). The van der Waals surface area contributed by atoms with Crippen molar-refractivity contribution in [3.8, 4) is 0 Å². The Morgan fingerprint density at radius 3 is 2.61 bits per heavy atom. The predicted octanol–water partition coefficient (Wildman–Crippen LogP) is 1.18. The SMILES string of the molecule is O=C(c1cscn1)N1CC(N2CCN(c3ccccn3)CC2)C1. The maximum absolute atomic E-state index is 12.2. The number of aromatic nitrogens is 2. The van der Waals surface area contributed by atoms with Crippen LogP contribution in [-0.4, -0.2) is 71.0 Å². The fraction of sp³-hybridized carbons (Fsp3) is 0.438. The van der Waals surface area contributed by atoms with Crippen LogP contribution < -0.4 is 4.90 Å². The smallest absolute Gasteiger partial charge is 0.273 e. The quantitative estimate of drug-likeness (QED) is 0.846. The van der Waals surface area contributed by atoms with Gasteiger partial charge in [-0.2, -0.15) is 0 Å². The average Bonchev–Trinajstić information content (AvgIpc) is 3.09. The first-order valence-corrected chi connectivity index (χ1v) is 8.83. The van der Waals surface area contributed by atoms with Crippen LogP contribution in [0.3, 0.4) is 0 Å².